The zero-order valence-corrected chi connectivity index (χ0v) is 20.1. The standard InChI is InChI=1S/C26H28FN7O/c1-15-11-33-14-18(10-21(27)25(33)30-15)31-26(35)20-6-7-22(24-23(20)28-8-9-29-24)32-12-16(2)34(17(3)13-32)19-4-5-19/h6-11,14,16-17,19H,4-5,12-13H2,1-3H3,(H,31,35). The van der Waals surface area contributed by atoms with Crippen molar-refractivity contribution in [3.8, 4) is 0 Å². The highest BCUT2D eigenvalue weighted by molar-refractivity contribution is 6.13. The Labute approximate surface area is 202 Å². The fourth-order valence-electron chi connectivity index (χ4n) is 5.55. The van der Waals surface area contributed by atoms with E-state index < -0.39 is 5.82 Å². The summed E-state index contributed by atoms with van der Waals surface area (Å²) in [6.07, 6.45) is 9.22. The lowest BCUT2D eigenvalue weighted by Gasteiger charge is -2.45. The normalized spacial score (nSPS) is 21.1. The first kappa shape index (κ1) is 21.9. The summed E-state index contributed by atoms with van der Waals surface area (Å²) in [6.45, 7) is 8.18. The lowest BCUT2D eigenvalue weighted by molar-refractivity contribution is 0.102. The van der Waals surface area contributed by atoms with Crippen molar-refractivity contribution in [3.05, 3.63) is 60.1 Å². The SMILES string of the molecule is Cc1cn2cc(NC(=O)c3ccc(N4CC(C)N(C5CC5)C(C)C4)c4nccnc34)cc(F)c2n1. The fraction of sp³-hybridized carbons (Fsp3) is 0.385. The lowest BCUT2D eigenvalue weighted by Crippen LogP contribution is -2.57. The molecule has 0 radical (unpaired) electrons. The summed E-state index contributed by atoms with van der Waals surface area (Å²) in [5, 5.41) is 2.82. The highest BCUT2D eigenvalue weighted by Gasteiger charge is 2.39. The van der Waals surface area contributed by atoms with Crippen molar-refractivity contribution in [1.29, 1.82) is 0 Å². The second-order valence-electron chi connectivity index (χ2n) is 9.81. The Hall–Kier alpha value is -3.59. The Morgan fingerprint density at radius 3 is 2.49 bits per heavy atom. The Balaban J connectivity index is 1.31. The number of aryl methyl sites for hydroxylation is 1. The number of benzene rings is 1. The second-order valence-corrected chi connectivity index (χ2v) is 9.81. The number of carbonyl (C=O) groups excluding carboxylic acids is 1. The summed E-state index contributed by atoms with van der Waals surface area (Å²) in [6, 6.07) is 6.64. The van der Waals surface area contributed by atoms with Gasteiger partial charge in [0.05, 0.1) is 22.6 Å². The third-order valence-electron chi connectivity index (χ3n) is 7.03. The van der Waals surface area contributed by atoms with Crippen molar-refractivity contribution in [2.75, 3.05) is 23.3 Å². The number of aromatic nitrogens is 4. The number of imidazole rings is 1. The van der Waals surface area contributed by atoms with Gasteiger partial charge in [-0.05, 0) is 45.7 Å². The first-order valence-corrected chi connectivity index (χ1v) is 12.1. The molecule has 2 fully saturated rings. The summed E-state index contributed by atoms with van der Waals surface area (Å²) in [4.78, 5) is 31.5. The highest BCUT2D eigenvalue weighted by Crippen LogP contribution is 2.35. The average Bonchev–Trinajstić information content (AvgIpc) is 3.58. The van der Waals surface area contributed by atoms with Gasteiger partial charge in [-0.15, -0.1) is 0 Å². The molecule has 1 amide bonds. The van der Waals surface area contributed by atoms with E-state index in [4.69, 9.17) is 0 Å². The molecule has 35 heavy (non-hydrogen) atoms. The largest absolute Gasteiger partial charge is 0.367 e. The number of amides is 1. The van der Waals surface area contributed by atoms with Crippen LogP contribution >= 0.6 is 0 Å². The molecule has 8 nitrogen and oxygen atoms in total. The van der Waals surface area contributed by atoms with Crippen LogP contribution in [0.2, 0.25) is 0 Å². The number of nitrogens with zero attached hydrogens (tertiary/aromatic N) is 6. The minimum Gasteiger partial charge on any atom is -0.367 e. The molecule has 2 atom stereocenters. The van der Waals surface area contributed by atoms with Crippen LogP contribution < -0.4 is 10.2 Å². The van der Waals surface area contributed by atoms with Crippen LogP contribution in [0.15, 0.2) is 43.0 Å². The van der Waals surface area contributed by atoms with Gasteiger partial charge >= 0.3 is 0 Å². The van der Waals surface area contributed by atoms with E-state index in [1.54, 1.807) is 42.2 Å². The first-order valence-electron chi connectivity index (χ1n) is 12.1. The van der Waals surface area contributed by atoms with Crippen molar-refractivity contribution in [3.63, 3.8) is 0 Å². The van der Waals surface area contributed by atoms with Gasteiger partial charge in [0.1, 0.15) is 11.0 Å². The molecule has 1 N–H and O–H groups in total. The molecule has 4 aromatic rings. The molecule has 3 aromatic heterocycles. The molecule has 1 saturated carbocycles. The molecular formula is C26H28FN7O. The van der Waals surface area contributed by atoms with Gasteiger partial charge in [-0.2, -0.15) is 0 Å². The molecule has 9 heteroatoms. The quantitative estimate of drug-likeness (QED) is 0.482. The van der Waals surface area contributed by atoms with E-state index in [9.17, 15) is 9.18 Å². The molecule has 4 heterocycles. The summed E-state index contributed by atoms with van der Waals surface area (Å²) in [7, 11) is 0. The topological polar surface area (TPSA) is 78.7 Å². The van der Waals surface area contributed by atoms with Crippen LogP contribution in [0.3, 0.4) is 0 Å². The molecule has 1 aromatic carbocycles. The number of fused-ring (bicyclic) bond motifs is 2. The van der Waals surface area contributed by atoms with Crippen molar-refractivity contribution in [1.82, 2.24) is 24.3 Å². The monoisotopic (exact) mass is 473 g/mol. The summed E-state index contributed by atoms with van der Waals surface area (Å²) >= 11 is 0. The molecular weight excluding hydrogens is 445 g/mol. The van der Waals surface area contributed by atoms with Crippen LogP contribution in [0.25, 0.3) is 16.7 Å². The number of halogens is 1. The molecule has 1 saturated heterocycles. The van der Waals surface area contributed by atoms with Gasteiger partial charge in [0.15, 0.2) is 11.5 Å². The predicted octanol–water partition coefficient (Wildman–Crippen LogP) is 4.04. The molecule has 1 aliphatic carbocycles. The van der Waals surface area contributed by atoms with Crippen molar-refractivity contribution in [2.24, 2.45) is 0 Å². The Kier molecular flexibility index (Phi) is 5.17. The first-order chi connectivity index (χ1) is 16.9. The third-order valence-corrected chi connectivity index (χ3v) is 7.03. The van der Waals surface area contributed by atoms with E-state index in [1.165, 1.54) is 18.9 Å². The van der Waals surface area contributed by atoms with Crippen LogP contribution in [-0.2, 0) is 0 Å². The number of anilines is 2. The van der Waals surface area contributed by atoms with Gasteiger partial charge in [-0.3, -0.25) is 19.7 Å². The van der Waals surface area contributed by atoms with E-state index in [-0.39, 0.29) is 11.6 Å². The van der Waals surface area contributed by atoms with Crippen molar-refractivity contribution < 1.29 is 9.18 Å². The van der Waals surface area contributed by atoms with Crippen LogP contribution in [0, 0.1) is 12.7 Å². The maximum atomic E-state index is 14.5. The van der Waals surface area contributed by atoms with E-state index in [1.807, 2.05) is 6.07 Å². The van der Waals surface area contributed by atoms with Gasteiger partial charge in [-0.1, -0.05) is 0 Å². The van der Waals surface area contributed by atoms with Gasteiger partial charge in [-0.25, -0.2) is 9.37 Å². The number of piperazine rings is 1. The molecule has 180 valence electrons. The van der Waals surface area contributed by atoms with E-state index in [0.717, 1.165) is 24.8 Å². The summed E-state index contributed by atoms with van der Waals surface area (Å²) in [5.41, 5.74) is 3.89. The van der Waals surface area contributed by atoms with Crippen molar-refractivity contribution >= 4 is 34.0 Å². The minimum atomic E-state index is -0.496. The Morgan fingerprint density at radius 2 is 1.77 bits per heavy atom. The minimum absolute atomic E-state index is 0.228. The van der Waals surface area contributed by atoms with E-state index in [2.05, 4.69) is 43.9 Å². The highest BCUT2D eigenvalue weighted by atomic mass is 19.1. The Bertz CT molecular complexity index is 1430. The van der Waals surface area contributed by atoms with Crippen LogP contribution in [0.5, 0.6) is 0 Å². The van der Waals surface area contributed by atoms with Crippen LogP contribution in [-0.4, -0.2) is 61.4 Å². The van der Waals surface area contributed by atoms with Gasteiger partial charge in [0, 0.05) is 62.1 Å². The number of rotatable bonds is 4. The molecule has 2 aliphatic rings. The average molecular weight is 474 g/mol. The number of hydrogen-bond acceptors (Lipinski definition) is 6. The molecule has 2 unspecified atom stereocenters. The van der Waals surface area contributed by atoms with Gasteiger partial charge < -0.3 is 14.6 Å². The van der Waals surface area contributed by atoms with Gasteiger partial charge in [0.2, 0.25) is 0 Å². The number of hydrogen-bond donors (Lipinski definition) is 1. The molecule has 0 spiro atoms. The maximum Gasteiger partial charge on any atom is 0.257 e. The fourth-order valence-corrected chi connectivity index (χ4v) is 5.55. The number of nitrogens with one attached hydrogen (secondary N) is 1. The van der Waals surface area contributed by atoms with Crippen LogP contribution in [0.1, 0.15) is 42.7 Å². The van der Waals surface area contributed by atoms with Crippen LogP contribution in [0.4, 0.5) is 15.8 Å². The molecule has 6 rings (SSSR count). The summed E-state index contributed by atoms with van der Waals surface area (Å²) in [5.74, 6) is -0.859. The molecule has 1 aliphatic heterocycles. The smallest absolute Gasteiger partial charge is 0.257 e. The zero-order valence-electron chi connectivity index (χ0n) is 20.1. The number of carbonyl (C=O) groups is 1. The molecule has 0 bridgehead atoms. The predicted molar refractivity (Wildman–Crippen MR) is 133 cm³/mol. The number of pyridine rings is 1. The summed E-state index contributed by atoms with van der Waals surface area (Å²) < 4.78 is 16.1. The second kappa shape index (κ2) is 8.27. The van der Waals surface area contributed by atoms with Gasteiger partial charge in [0.25, 0.3) is 5.91 Å². The Morgan fingerprint density at radius 1 is 1.06 bits per heavy atom. The van der Waals surface area contributed by atoms with Crippen molar-refractivity contribution in [2.45, 2.75) is 51.7 Å². The maximum absolute atomic E-state index is 14.5. The lowest BCUT2D eigenvalue weighted by atomic mass is 10.0. The van der Waals surface area contributed by atoms with E-state index in [0.29, 0.717) is 40.1 Å². The third kappa shape index (κ3) is 3.89. The van der Waals surface area contributed by atoms with E-state index >= 15 is 0 Å². The zero-order chi connectivity index (χ0) is 24.3.